The lowest BCUT2D eigenvalue weighted by atomic mass is 10.1. The van der Waals surface area contributed by atoms with E-state index in [4.69, 9.17) is 27.9 Å². The number of phenolic OH excluding ortho intramolecular Hbond substituents is 1. The van der Waals surface area contributed by atoms with Crippen molar-refractivity contribution in [2.45, 2.75) is 5.25 Å². The summed E-state index contributed by atoms with van der Waals surface area (Å²) in [5.41, 5.74) is 1.23. The van der Waals surface area contributed by atoms with Crippen LogP contribution in [0, 0.1) is 5.92 Å². The maximum Gasteiger partial charge on any atom is 0.240 e. The first-order valence-electron chi connectivity index (χ1n) is 9.01. The molecule has 162 valence electrons. The van der Waals surface area contributed by atoms with Crippen molar-refractivity contribution in [1.29, 1.82) is 0 Å². The van der Waals surface area contributed by atoms with Gasteiger partial charge in [0.2, 0.25) is 5.91 Å². The van der Waals surface area contributed by atoms with E-state index in [0.717, 1.165) is 18.0 Å². The summed E-state index contributed by atoms with van der Waals surface area (Å²) in [5, 5.41) is 23.6. The summed E-state index contributed by atoms with van der Waals surface area (Å²) in [4.78, 5) is 23.9. The molecule has 1 saturated heterocycles. The molecule has 1 fully saturated rings. The molecule has 3 rings (SSSR count). The van der Waals surface area contributed by atoms with Gasteiger partial charge in [-0.25, -0.2) is 0 Å². The fraction of sp³-hybridized carbons (Fsp3) is 0.200. The first kappa shape index (κ1) is 22.9. The second kappa shape index (κ2) is 10.5. The van der Waals surface area contributed by atoms with Crippen LogP contribution in [-0.2, 0) is 9.59 Å². The average Bonchev–Trinajstić information content (AvgIpc) is 3.13. The number of nitrogens with zero attached hydrogens (tertiary/aromatic N) is 2. The summed E-state index contributed by atoms with van der Waals surface area (Å²) in [7, 11) is 1.44. The van der Waals surface area contributed by atoms with Crippen LogP contribution in [0.15, 0.2) is 46.6 Å². The van der Waals surface area contributed by atoms with Gasteiger partial charge in [0, 0.05) is 6.54 Å². The molecule has 1 aliphatic heterocycles. The standard InChI is InChI=1S/C20H18Cl2N4O4S/c1-30-16-7-11(5-6-15(16)28)8-24-26-20-25-19(29)18(31-20)12(10-27)9-23-14-4-2-3-13(21)17(14)22/h2-8,10,12,18,23,28H,9H2,1H3,(H,25,26,29)/b24-8+. The van der Waals surface area contributed by atoms with Gasteiger partial charge < -0.3 is 25.3 Å². The van der Waals surface area contributed by atoms with E-state index in [1.807, 2.05) is 0 Å². The molecule has 2 unspecified atom stereocenters. The monoisotopic (exact) mass is 480 g/mol. The number of thioether (sulfide) groups is 1. The Balaban J connectivity index is 1.63. The highest BCUT2D eigenvalue weighted by Gasteiger charge is 2.36. The van der Waals surface area contributed by atoms with Crippen LogP contribution in [0.1, 0.15) is 5.56 Å². The predicted octanol–water partition coefficient (Wildman–Crippen LogP) is 3.56. The van der Waals surface area contributed by atoms with E-state index < -0.39 is 11.2 Å². The zero-order valence-corrected chi connectivity index (χ0v) is 18.5. The molecule has 2 aromatic rings. The molecule has 2 aromatic carbocycles. The van der Waals surface area contributed by atoms with E-state index in [2.05, 4.69) is 20.8 Å². The zero-order valence-electron chi connectivity index (χ0n) is 16.2. The molecular formula is C20H18Cl2N4O4S. The lowest BCUT2D eigenvalue weighted by Gasteiger charge is -2.16. The van der Waals surface area contributed by atoms with Crippen molar-refractivity contribution < 1.29 is 19.4 Å². The number of rotatable bonds is 8. The number of carbonyl (C=O) groups excluding carboxylic acids is 2. The van der Waals surface area contributed by atoms with Crippen molar-refractivity contribution in [2.75, 3.05) is 19.0 Å². The Labute approximate surface area is 192 Å². The van der Waals surface area contributed by atoms with Crippen molar-refractivity contribution >= 4 is 64.2 Å². The van der Waals surface area contributed by atoms with E-state index in [1.54, 1.807) is 30.3 Å². The molecule has 11 heteroatoms. The van der Waals surface area contributed by atoms with Crippen LogP contribution in [0.3, 0.4) is 0 Å². The lowest BCUT2D eigenvalue weighted by Crippen LogP contribution is -2.34. The minimum atomic E-state index is -0.661. The van der Waals surface area contributed by atoms with Crippen LogP contribution in [0.5, 0.6) is 11.5 Å². The molecule has 0 radical (unpaired) electrons. The van der Waals surface area contributed by atoms with Crippen LogP contribution in [0.4, 0.5) is 5.69 Å². The number of phenols is 1. The molecule has 0 aliphatic carbocycles. The molecule has 8 nitrogen and oxygen atoms in total. The van der Waals surface area contributed by atoms with Gasteiger partial charge in [0.25, 0.3) is 0 Å². The number of amides is 1. The number of benzene rings is 2. The maximum atomic E-state index is 12.3. The number of ether oxygens (including phenoxy) is 1. The maximum absolute atomic E-state index is 12.3. The fourth-order valence-corrected chi connectivity index (χ4v) is 4.09. The van der Waals surface area contributed by atoms with Gasteiger partial charge in [-0.3, -0.25) is 4.79 Å². The van der Waals surface area contributed by atoms with Crippen molar-refractivity contribution in [3.05, 3.63) is 52.0 Å². The van der Waals surface area contributed by atoms with Crippen molar-refractivity contribution in [1.82, 2.24) is 5.32 Å². The van der Waals surface area contributed by atoms with E-state index in [-0.39, 0.29) is 23.4 Å². The van der Waals surface area contributed by atoms with Crippen LogP contribution in [-0.4, -0.2) is 47.6 Å². The number of methoxy groups -OCH3 is 1. The summed E-state index contributed by atoms with van der Waals surface area (Å²) in [6, 6.07) is 9.83. The number of hydrogen-bond donors (Lipinski definition) is 3. The lowest BCUT2D eigenvalue weighted by molar-refractivity contribution is -0.122. The predicted molar refractivity (Wildman–Crippen MR) is 124 cm³/mol. The fourth-order valence-electron chi connectivity index (χ4n) is 2.73. The van der Waals surface area contributed by atoms with Crippen molar-refractivity contribution in [3.8, 4) is 11.5 Å². The molecule has 0 spiro atoms. The molecule has 1 aliphatic rings. The van der Waals surface area contributed by atoms with Crippen LogP contribution < -0.4 is 15.4 Å². The number of anilines is 1. The van der Waals surface area contributed by atoms with E-state index in [0.29, 0.717) is 27.0 Å². The molecule has 1 amide bonds. The van der Waals surface area contributed by atoms with Crippen molar-refractivity contribution in [2.24, 2.45) is 16.1 Å². The minimum Gasteiger partial charge on any atom is -0.504 e. The van der Waals surface area contributed by atoms with Gasteiger partial charge in [0.05, 0.1) is 35.0 Å². The van der Waals surface area contributed by atoms with E-state index >= 15 is 0 Å². The number of hydrogen-bond acceptors (Lipinski definition) is 8. The molecule has 0 bridgehead atoms. The average molecular weight is 481 g/mol. The summed E-state index contributed by atoms with van der Waals surface area (Å²) in [6.45, 7) is 0.193. The quantitative estimate of drug-likeness (QED) is 0.302. The Bertz CT molecular complexity index is 1050. The van der Waals surface area contributed by atoms with Gasteiger partial charge in [0.15, 0.2) is 16.7 Å². The normalized spacial score (nSPS) is 18.2. The minimum absolute atomic E-state index is 0.0139. The van der Waals surface area contributed by atoms with E-state index in [1.165, 1.54) is 19.4 Å². The number of carbonyl (C=O) groups is 2. The third kappa shape index (κ3) is 5.69. The Morgan fingerprint density at radius 2 is 2.16 bits per heavy atom. The van der Waals surface area contributed by atoms with Crippen LogP contribution in [0.2, 0.25) is 10.0 Å². The number of aromatic hydroxyl groups is 1. The Morgan fingerprint density at radius 3 is 2.90 bits per heavy atom. The first-order chi connectivity index (χ1) is 14.9. The second-order valence-corrected chi connectivity index (χ2v) is 8.31. The van der Waals surface area contributed by atoms with Crippen LogP contribution >= 0.6 is 35.0 Å². The molecule has 2 atom stereocenters. The molecular weight excluding hydrogens is 463 g/mol. The van der Waals surface area contributed by atoms with Gasteiger partial charge in [0.1, 0.15) is 11.5 Å². The third-order valence-corrected chi connectivity index (χ3v) is 6.37. The zero-order chi connectivity index (χ0) is 22.4. The van der Waals surface area contributed by atoms with Crippen molar-refractivity contribution in [3.63, 3.8) is 0 Å². The number of halogens is 2. The van der Waals surface area contributed by atoms with Crippen LogP contribution in [0.25, 0.3) is 0 Å². The molecule has 3 N–H and O–H groups in total. The Morgan fingerprint density at radius 1 is 1.35 bits per heavy atom. The Kier molecular flexibility index (Phi) is 7.78. The second-order valence-electron chi connectivity index (χ2n) is 6.39. The number of amidine groups is 1. The SMILES string of the molecule is COc1cc(/C=N/N=C2\NC(=O)C(C(C=O)CNc3cccc(Cl)c3Cl)S2)ccc1O. The molecule has 1 heterocycles. The molecule has 31 heavy (non-hydrogen) atoms. The third-order valence-electron chi connectivity index (χ3n) is 4.33. The summed E-state index contributed by atoms with van der Waals surface area (Å²) in [5.74, 6) is -0.638. The molecule has 0 aromatic heterocycles. The topological polar surface area (TPSA) is 112 Å². The summed E-state index contributed by atoms with van der Waals surface area (Å²) in [6.07, 6.45) is 2.17. The molecule has 0 saturated carbocycles. The first-order valence-corrected chi connectivity index (χ1v) is 10.6. The van der Waals surface area contributed by atoms with Gasteiger partial charge >= 0.3 is 0 Å². The van der Waals surface area contributed by atoms with E-state index in [9.17, 15) is 14.7 Å². The number of nitrogens with one attached hydrogen (secondary N) is 2. The summed E-state index contributed by atoms with van der Waals surface area (Å²) < 4.78 is 5.04. The van der Waals surface area contributed by atoms with Gasteiger partial charge in [-0.1, -0.05) is 41.0 Å². The van der Waals surface area contributed by atoms with Gasteiger partial charge in [-0.05, 0) is 35.9 Å². The number of aldehydes is 1. The highest BCUT2D eigenvalue weighted by molar-refractivity contribution is 8.15. The Hall–Kier alpha value is -2.75. The smallest absolute Gasteiger partial charge is 0.240 e. The summed E-state index contributed by atoms with van der Waals surface area (Å²) >= 11 is 13.3. The largest absolute Gasteiger partial charge is 0.504 e. The van der Waals surface area contributed by atoms with Gasteiger partial charge in [-0.15, -0.1) is 5.10 Å². The van der Waals surface area contributed by atoms with Gasteiger partial charge in [-0.2, -0.15) is 5.10 Å². The highest BCUT2D eigenvalue weighted by Crippen LogP contribution is 2.31. The highest BCUT2D eigenvalue weighted by atomic mass is 35.5.